The monoisotopic (exact) mass is 319 g/mol. The quantitative estimate of drug-likeness (QED) is 0.885. The molecule has 1 aliphatic heterocycles. The molecule has 5 nitrogen and oxygen atoms in total. The van der Waals surface area contributed by atoms with Crippen molar-refractivity contribution in [2.45, 2.75) is 19.5 Å². The first-order valence-corrected chi connectivity index (χ1v) is 8.08. The molecule has 22 heavy (non-hydrogen) atoms. The first-order chi connectivity index (χ1) is 10.7. The molecule has 0 bridgehead atoms. The zero-order chi connectivity index (χ0) is 15.4. The van der Waals surface area contributed by atoms with Crippen molar-refractivity contribution in [2.24, 2.45) is 13.0 Å². The Morgan fingerprint density at radius 1 is 1.41 bits per heavy atom. The maximum absolute atomic E-state index is 6.11. The Morgan fingerprint density at radius 2 is 2.32 bits per heavy atom. The molecule has 2 aromatic rings. The molecule has 118 valence electrons. The van der Waals surface area contributed by atoms with Crippen LogP contribution in [0.3, 0.4) is 0 Å². The van der Waals surface area contributed by atoms with E-state index >= 15 is 0 Å². The second kappa shape index (κ2) is 7.22. The van der Waals surface area contributed by atoms with E-state index in [0.717, 1.165) is 38.5 Å². The second-order valence-electron chi connectivity index (χ2n) is 5.95. The van der Waals surface area contributed by atoms with E-state index < -0.39 is 0 Å². The fourth-order valence-electron chi connectivity index (χ4n) is 2.94. The van der Waals surface area contributed by atoms with Gasteiger partial charge in [-0.05, 0) is 37.1 Å². The molecule has 0 spiro atoms. The number of hydrogen-bond acceptors (Lipinski definition) is 4. The van der Waals surface area contributed by atoms with Crippen LogP contribution in [0.15, 0.2) is 30.7 Å². The lowest BCUT2D eigenvalue weighted by atomic mass is 10.1. The highest BCUT2D eigenvalue weighted by molar-refractivity contribution is 6.29. The first kappa shape index (κ1) is 15.5. The molecule has 1 N–H and O–H groups in total. The van der Waals surface area contributed by atoms with Gasteiger partial charge >= 0.3 is 0 Å². The zero-order valence-corrected chi connectivity index (χ0v) is 13.6. The van der Waals surface area contributed by atoms with Gasteiger partial charge in [0.05, 0.1) is 12.7 Å². The van der Waals surface area contributed by atoms with Crippen molar-refractivity contribution < 1.29 is 0 Å². The minimum Gasteiger partial charge on any atom is -0.321 e. The average Bonchev–Trinajstić information content (AvgIpc) is 3.14. The largest absolute Gasteiger partial charge is 0.321 e. The molecule has 1 atom stereocenters. The summed E-state index contributed by atoms with van der Waals surface area (Å²) >= 11 is 6.11. The molecule has 3 heterocycles. The standard InChI is InChI=1S/C16H22ClN5/c1-21-15(17)9-20-16(21)12-22(11-14-4-6-19-8-14)10-13-3-2-5-18-7-13/h2-3,5,7,9,14,19H,4,6,8,10-12H2,1H3/t14-/m0/s1. The highest BCUT2D eigenvalue weighted by atomic mass is 35.5. The van der Waals surface area contributed by atoms with Crippen molar-refractivity contribution in [1.82, 2.24) is 24.8 Å². The lowest BCUT2D eigenvalue weighted by molar-refractivity contribution is 0.213. The summed E-state index contributed by atoms with van der Waals surface area (Å²) in [4.78, 5) is 11.1. The molecule has 1 saturated heterocycles. The molecule has 0 radical (unpaired) electrons. The van der Waals surface area contributed by atoms with E-state index in [1.54, 1.807) is 6.20 Å². The third kappa shape index (κ3) is 3.85. The third-order valence-corrected chi connectivity index (χ3v) is 4.55. The molecule has 0 aromatic carbocycles. The molecule has 6 heteroatoms. The predicted octanol–water partition coefficient (Wildman–Crippen LogP) is 2.08. The number of rotatable bonds is 6. The van der Waals surface area contributed by atoms with Crippen LogP contribution in [0.1, 0.15) is 17.8 Å². The van der Waals surface area contributed by atoms with Crippen LogP contribution in [0.4, 0.5) is 0 Å². The van der Waals surface area contributed by atoms with E-state index in [9.17, 15) is 0 Å². The van der Waals surface area contributed by atoms with Gasteiger partial charge in [0.15, 0.2) is 0 Å². The van der Waals surface area contributed by atoms with Crippen molar-refractivity contribution in [3.05, 3.63) is 47.3 Å². The summed E-state index contributed by atoms with van der Waals surface area (Å²) in [6, 6.07) is 4.11. The Balaban J connectivity index is 1.71. The number of imidazole rings is 1. The van der Waals surface area contributed by atoms with Gasteiger partial charge in [0.1, 0.15) is 11.0 Å². The number of pyridine rings is 1. The van der Waals surface area contributed by atoms with Gasteiger partial charge < -0.3 is 9.88 Å². The van der Waals surface area contributed by atoms with Crippen LogP contribution < -0.4 is 5.32 Å². The molecule has 0 saturated carbocycles. The predicted molar refractivity (Wildman–Crippen MR) is 87.5 cm³/mol. The highest BCUT2D eigenvalue weighted by Gasteiger charge is 2.20. The summed E-state index contributed by atoms with van der Waals surface area (Å²) in [5, 5.41) is 4.12. The van der Waals surface area contributed by atoms with E-state index in [-0.39, 0.29) is 0 Å². The maximum atomic E-state index is 6.11. The van der Waals surface area contributed by atoms with Crippen LogP contribution in [0.25, 0.3) is 0 Å². The molecular formula is C16H22ClN5. The molecule has 0 aliphatic carbocycles. The molecule has 1 aliphatic rings. The number of nitrogens with zero attached hydrogens (tertiary/aromatic N) is 4. The SMILES string of the molecule is Cn1c(Cl)cnc1CN(Cc1cccnc1)C[C@H]1CCNC1. The first-order valence-electron chi connectivity index (χ1n) is 7.70. The van der Waals surface area contributed by atoms with Crippen LogP contribution in [0.5, 0.6) is 0 Å². The Kier molecular flexibility index (Phi) is 5.08. The number of nitrogens with one attached hydrogen (secondary N) is 1. The van der Waals surface area contributed by atoms with Gasteiger partial charge in [-0.25, -0.2) is 4.98 Å². The van der Waals surface area contributed by atoms with Gasteiger partial charge in [-0.2, -0.15) is 0 Å². The lowest BCUT2D eigenvalue weighted by Gasteiger charge is -2.25. The third-order valence-electron chi connectivity index (χ3n) is 4.20. The van der Waals surface area contributed by atoms with Gasteiger partial charge in [0, 0.05) is 32.5 Å². The Morgan fingerprint density at radius 3 is 2.95 bits per heavy atom. The van der Waals surface area contributed by atoms with Crippen molar-refractivity contribution in [2.75, 3.05) is 19.6 Å². The summed E-state index contributed by atoms with van der Waals surface area (Å²) in [5.74, 6) is 1.70. The lowest BCUT2D eigenvalue weighted by Crippen LogP contribution is -2.31. The van der Waals surface area contributed by atoms with Crippen LogP contribution in [0.2, 0.25) is 5.15 Å². The molecule has 2 aromatic heterocycles. The number of hydrogen-bond donors (Lipinski definition) is 1. The fraction of sp³-hybridized carbons (Fsp3) is 0.500. The second-order valence-corrected chi connectivity index (χ2v) is 6.33. The number of halogens is 1. The minimum atomic E-state index is 0.680. The van der Waals surface area contributed by atoms with E-state index in [1.807, 2.05) is 30.1 Å². The smallest absolute Gasteiger partial charge is 0.128 e. The molecule has 0 unspecified atom stereocenters. The Hall–Kier alpha value is -1.43. The van der Waals surface area contributed by atoms with Gasteiger partial charge in [-0.3, -0.25) is 9.88 Å². The van der Waals surface area contributed by atoms with Crippen molar-refractivity contribution in [3.63, 3.8) is 0 Å². The topological polar surface area (TPSA) is 46.0 Å². The van der Waals surface area contributed by atoms with Crippen molar-refractivity contribution >= 4 is 11.6 Å². The zero-order valence-electron chi connectivity index (χ0n) is 12.9. The summed E-state index contributed by atoms with van der Waals surface area (Å²) < 4.78 is 1.95. The van der Waals surface area contributed by atoms with Gasteiger partial charge in [-0.15, -0.1) is 0 Å². The maximum Gasteiger partial charge on any atom is 0.128 e. The average molecular weight is 320 g/mol. The molecule has 3 rings (SSSR count). The molecule has 1 fully saturated rings. The summed E-state index contributed by atoms with van der Waals surface area (Å²) in [6.45, 7) is 4.97. The molecule has 0 amide bonds. The highest BCUT2D eigenvalue weighted by Crippen LogP contribution is 2.16. The van der Waals surface area contributed by atoms with Crippen LogP contribution in [-0.2, 0) is 20.1 Å². The van der Waals surface area contributed by atoms with Gasteiger partial charge in [-0.1, -0.05) is 17.7 Å². The summed E-state index contributed by atoms with van der Waals surface area (Å²) in [5.41, 5.74) is 1.23. The Labute approximate surface area is 136 Å². The normalized spacial score (nSPS) is 18.2. The fourth-order valence-corrected chi connectivity index (χ4v) is 3.09. The Bertz CT molecular complexity index is 592. The van der Waals surface area contributed by atoms with Crippen molar-refractivity contribution in [3.8, 4) is 0 Å². The van der Waals surface area contributed by atoms with Crippen molar-refractivity contribution in [1.29, 1.82) is 0 Å². The van der Waals surface area contributed by atoms with E-state index in [2.05, 4.69) is 26.3 Å². The van der Waals surface area contributed by atoms with Crippen LogP contribution in [0, 0.1) is 5.92 Å². The molecular weight excluding hydrogens is 298 g/mol. The van der Waals surface area contributed by atoms with Crippen LogP contribution >= 0.6 is 11.6 Å². The minimum absolute atomic E-state index is 0.680. The van der Waals surface area contributed by atoms with E-state index in [4.69, 9.17) is 11.6 Å². The summed E-state index contributed by atoms with van der Waals surface area (Å²) in [6.07, 6.45) is 6.71. The van der Waals surface area contributed by atoms with E-state index in [0.29, 0.717) is 11.1 Å². The van der Waals surface area contributed by atoms with Gasteiger partial charge in [0.2, 0.25) is 0 Å². The van der Waals surface area contributed by atoms with E-state index in [1.165, 1.54) is 12.0 Å². The summed E-state index contributed by atoms with van der Waals surface area (Å²) in [7, 11) is 1.96. The van der Waals surface area contributed by atoms with Crippen LogP contribution in [-0.4, -0.2) is 39.1 Å². The number of aromatic nitrogens is 3. The van der Waals surface area contributed by atoms with Gasteiger partial charge in [0.25, 0.3) is 0 Å².